The zero-order valence-corrected chi connectivity index (χ0v) is 13.6. The molecule has 1 aromatic carbocycles. The molecule has 0 saturated heterocycles. The monoisotopic (exact) mass is 298 g/mol. The summed E-state index contributed by atoms with van der Waals surface area (Å²) in [4.78, 5) is 0.292. The van der Waals surface area contributed by atoms with Crippen LogP contribution in [-0.2, 0) is 10.0 Å². The van der Waals surface area contributed by atoms with Crippen molar-refractivity contribution in [1.29, 1.82) is 0 Å². The SMILES string of the molecule is CCC(C)CC(CC)Nc1ccc(S(=O)(=O)NC)cc1. The normalized spacial score (nSPS) is 14.8. The van der Waals surface area contributed by atoms with Crippen LogP contribution in [0, 0.1) is 5.92 Å². The van der Waals surface area contributed by atoms with Gasteiger partial charge >= 0.3 is 0 Å². The maximum Gasteiger partial charge on any atom is 0.240 e. The zero-order valence-electron chi connectivity index (χ0n) is 12.8. The average Bonchev–Trinajstić information content (AvgIpc) is 2.46. The molecule has 114 valence electrons. The van der Waals surface area contributed by atoms with Crippen LogP contribution in [0.1, 0.15) is 40.0 Å². The summed E-state index contributed by atoms with van der Waals surface area (Å²) in [6, 6.07) is 7.33. The average molecular weight is 298 g/mol. The first kappa shape index (κ1) is 17.0. The highest BCUT2D eigenvalue weighted by molar-refractivity contribution is 7.89. The summed E-state index contributed by atoms with van der Waals surface area (Å²) in [5.74, 6) is 0.691. The van der Waals surface area contributed by atoms with Gasteiger partial charge in [-0.25, -0.2) is 13.1 Å². The Bertz CT molecular complexity index is 497. The van der Waals surface area contributed by atoms with E-state index in [-0.39, 0.29) is 0 Å². The molecular formula is C15H26N2O2S. The van der Waals surface area contributed by atoms with Gasteiger partial charge in [0.2, 0.25) is 10.0 Å². The molecule has 0 amide bonds. The lowest BCUT2D eigenvalue weighted by molar-refractivity contribution is 0.462. The molecule has 0 aliphatic heterocycles. The molecule has 2 N–H and O–H groups in total. The Morgan fingerprint density at radius 1 is 1.10 bits per heavy atom. The summed E-state index contributed by atoms with van der Waals surface area (Å²) in [7, 11) is -1.93. The van der Waals surface area contributed by atoms with Gasteiger partial charge in [0.05, 0.1) is 4.90 Å². The van der Waals surface area contributed by atoms with E-state index in [0.29, 0.717) is 16.9 Å². The zero-order chi connectivity index (χ0) is 15.2. The van der Waals surface area contributed by atoms with Gasteiger partial charge in [-0.15, -0.1) is 0 Å². The second-order valence-corrected chi connectivity index (χ2v) is 7.12. The Balaban J connectivity index is 2.74. The van der Waals surface area contributed by atoms with E-state index >= 15 is 0 Å². The van der Waals surface area contributed by atoms with Crippen LogP contribution < -0.4 is 10.0 Å². The highest BCUT2D eigenvalue weighted by atomic mass is 32.2. The predicted octanol–water partition coefficient (Wildman–Crippen LogP) is 3.22. The standard InChI is InChI=1S/C15H26N2O2S/c1-5-12(3)11-13(6-2)17-14-7-9-15(10-8-14)20(18,19)16-4/h7-10,12-13,16-17H,5-6,11H2,1-4H3. The summed E-state index contributed by atoms with van der Waals surface area (Å²) in [5, 5.41) is 3.48. The molecule has 4 nitrogen and oxygen atoms in total. The van der Waals surface area contributed by atoms with Gasteiger partial charge in [0.1, 0.15) is 0 Å². The van der Waals surface area contributed by atoms with Gasteiger partial charge in [0.15, 0.2) is 0 Å². The van der Waals surface area contributed by atoms with Crippen LogP contribution in [0.2, 0.25) is 0 Å². The van der Waals surface area contributed by atoms with Gasteiger partial charge in [0, 0.05) is 11.7 Å². The Morgan fingerprint density at radius 2 is 1.70 bits per heavy atom. The smallest absolute Gasteiger partial charge is 0.240 e. The molecule has 0 saturated carbocycles. The van der Waals surface area contributed by atoms with Crippen LogP contribution in [0.4, 0.5) is 5.69 Å². The van der Waals surface area contributed by atoms with Gasteiger partial charge in [-0.3, -0.25) is 0 Å². The number of benzene rings is 1. The maximum atomic E-state index is 11.6. The molecule has 1 aromatic rings. The summed E-state index contributed by atoms with van der Waals surface area (Å²) >= 11 is 0. The molecule has 20 heavy (non-hydrogen) atoms. The van der Waals surface area contributed by atoms with Crippen molar-refractivity contribution in [3.8, 4) is 0 Å². The molecule has 0 aliphatic carbocycles. The van der Waals surface area contributed by atoms with Gasteiger partial charge in [0.25, 0.3) is 0 Å². The van der Waals surface area contributed by atoms with Crippen molar-refractivity contribution >= 4 is 15.7 Å². The van der Waals surface area contributed by atoms with Crippen molar-refractivity contribution in [2.75, 3.05) is 12.4 Å². The summed E-state index contributed by atoms with van der Waals surface area (Å²) in [5.41, 5.74) is 0.968. The Hall–Kier alpha value is -1.07. The molecule has 0 aliphatic rings. The minimum atomic E-state index is -3.35. The number of sulfonamides is 1. The largest absolute Gasteiger partial charge is 0.382 e. The van der Waals surface area contributed by atoms with Gasteiger partial charge in [-0.1, -0.05) is 27.2 Å². The van der Waals surface area contributed by atoms with Crippen molar-refractivity contribution < 1.29 is 8.42 Å². The van der Waals surface area contributed by atoms with Crippen LogP contribution in [0.15, 0.2) is 29.2 Å². The molecule has 0 radical (unpaired) electrons. The van der Waals surface area contributed by atoms with Crippen molar-refractivity contribution in [2.45, 2.75) is 51.0 Å². The molecule has 0 fully saturated rings. The predicted molar refractivity (Wildman–Crippen MR) is 84.5 cm³/mol. The highest BCUT2D eigenvalue weighted by Gasteiger charge is 2.13. The molecule has 5 heteroatoms. The van der Waals surface area contributed by atoms with Crippen molar-refractivity contribution in [1.82, 2.24) is 4.72 Å². The Labute approximate surface area is 123 Å². The number of nitrogens with one attached hydrogen (secondary N) is 2. The summed E-state index contributed by atoms with van der Waals surface area (Å²) in [6.45, 7) is 6.63. The fraction of sp³-hybridized carbons (Fsp3) is 0.600. The molecule has 0 spiro atoms. The van der Waals surface area contributed by atoms with Gasteiger partial charge in [-0.05, 0) is 50.1 Å². The van der Waals surface area contributed by atoms with Gasteiger partial charge in [-0.2, -0.15) is 0 Å². The lowest BCUT2D eigenvalue weighted by Crippen LogP contribution is -2.21. The second kappa shape index (κ2) is 7.64. The van der Waals surface area contributed by atoms with Crippen LogP contribution in [0.25, 0.3) is 0 Å². The number of hydrogen-bond acceptors (Lipinski definition) is 3. The Morgan fingerprint density at radius 3 is 2.15 bits per heavy atom. The van der Waals surface area contributed by atoms with E-state index in [9.17, 15) is 8.42 Å². The Kier molecular flexibility index (Phi) is 6.49. The van der Waals surface area contributed by atoms with Crippen LogP contribution >= 0.6 is 0 Å². The number of anilines is 1. The van der Waals surface area contributed by atoms with Crippen LogP contribution in [-0.4, -0.2) is 21.5 Å². The molecule has 1 rings (SSSR count). The fourth-order valence-corrected chi connectivity index (χ4v) is 2.79. The number of hydrogen-bond donors (Lipinski definition) is 2. The van der Waals surface area contributed by atoms with Gasteiger partial charge < -0.3 is 5.32 Å². The third kappa shape index (κ3) is 4.80. The molecule has 2 atom stereocenters. The molecule has 0 bridgehead atoms. The highest BCUT2D eigenvalue weighted by Crippen LogP contribution is 2.19. The minimum absolute atomic E-state index is 0.292. The number of rotatable bonds is 8. The molecule has 0 aromatic heterocycles. The first-order valence-corrected chi connectivity index (χ1v) is 8.71. The first-order valence-electron chi connectivity index (χ1n) is 7.23. The minimum Gasteiger partial charge on any atom is -0.382 e. The maximum absolute atomic E-state index is 11.6. The van der Waals surface area contributed by atoms with Crippen molar-refractivity contribution in [2.24, 2.45) is 5.92 Å². The van der Waals surface area contributed by atoms with Crippen LogP contribution in [0.5, 0.6) is 0 Å². The fourth-order valence-electron chi connectivity index (χ4n) is 2.06. The van der Waals surface area contributed by atoms with E-state index in [4.69, 9.17) is 0 Å². The quantitative estimate of drug-likeness (QED) is 0.774. The van der Waals surface area contributed by atoms with E-state index in [1.807, 2.05) is 12.1 Å². The van der Waals surface area contributed by atoms with E-state index < -0.39 is 10.0 Å². The lowest BCUT2D eigenvalue weighted by Gasteiger charge is -2.21. The van der Waals surface area contributed by atoms with E-state index in [2.05, 4.69) is 30.8 Å². The van der Waals surface area contributed by atoms with Crippen molar-refractivity contribution in [3.63, 3.8) is 0 Å². The van der Waals surface area contributed by atoms with E-state index in [1.165, 1.54) is 13.5 Å². The first-order chi connectivity index (χ1) is 9.42. The summed E-state index contributed by atoms with van der Waals surface area (Å²) < 4.78 is 25.6. The third-order valence-electron chi connectivity index (χ3n) is 3.68. The molecule has 2 unspecified atom stereocenters. The van der Waals surface area contributed by atoms with Crippen LogP contribution in [0.3, 0.4) is 0 Å². The van der Waals surface area contributed by atoms with E-state index in [0.717, 1.165) is 18.5 Å². The second-order valence-electron chi connectivity index (χ2n) is 5.23. The molecular weight excluding hydrogens is 272 g/mol. The topological polar surface area (TPSA) is 58.2 Å². The lowest BCUT2D eigenvalue weighted by atomic mass is 9.97. The van der Waals surface area contributed by atoms with E-state index in [1.54, 1.807) is 12.1 Å². The third-order valence-corrected chi connectivity index (χ3v) is 5.11. The molecule has 0 heterocycles. The van der Waals surface area contributed by atoms with Crippen molar-refractivity contribution in [3.05, 3.63) is 24.3 Å². The summed E-state index contributed by atoms with van der Waals surface area (Å²) in [6.07, 6.45) is 3.36.